The van der Waals surface area contributed by atoms with Gasteiger partial charge in [-0.1, -0.05) is 24.3 Å². The van der Waals surface area contributed by atoms with E-state index in [9.17, 15) is 19.8 Å². The van der Waals surface area contributed by atoms with Crippen LogP contribution in [0.25, 0.3) is 0 Å². The highest BCUT2D eigenvalue weighted by molar-refractivity contribution is 6.16. The number of aliphatic hydroxyl groups is 2. The van der Waals surface area contributed by atoms with Crippen LogP contribution in [0.2, 0.25) is 0 Å². The van der Waals surface area contributed by atoms with E-state index in [4.69, 9.17) is 9.47 Å². The third-order valence-corrected chi connectivity index (χ3v) is 4.49. The molecule has 7 heteroatoms. The fourth-order valence-corrected chi connectivity index (χ4v) is 3.40. The van der Waals surface area contributed by atoms with Crippen molar-refractivity contribution < 1.29 is 29.3 Å². The standard InChI is InChI=1S/C18H21NO6/c1-10(2)24-8-9-25-16(21)14-11(3)19-18(23)13-7-5-4-6-12(13)15(20)17(14,18)22/h4-7,10,19,22-23H,8-9H2,1-3H3/t17-,18-/m1/s1. The Morgan fingerprint density at radius 2 is 1.92 bits per heavy atom. The van der Waals surface area contributed by atoms with Gasteiger partial charge in [-0.3, -0.25) is 4.79 Å². The van der Waals surface area contributed by atoms with E-state index in [1.807, 2.05) is 13.8 Å². The fourth-order valence-electron chi connectivity index (χ4n) is 3.40. The maximum atomic E-state index is 12.8. The maximum absolute atomic E-state index is 12.8. The number of ether oxygens (including phenoxy) is 2. The number of rotatable bonds is 5. The lowest BCUT2D eigenvalue weighted by molar-refractivity contribution is -0.148. The Hall–Kier alpha value is -2.22. The topological polar surface area (TPSA) is 105 Å². The monoisotopic (exact) mass is 347 g/mol. The molecule has 7 nitrogen and oxygen atoms in total. The van der Waals surface area contributed by atoms with Gasteiger partial charge < -0.3 is 25.0 Å². The van der Waals surface area contributed by atoms with Crippen molar-refractivity contribution in [3.05, 3.63) is 46.7 Å². The lowest BCUT2D eigenvalue weighted by Gasteiger charge is -2.31. The zero-order valence-corrected chi connectivity index (χ0v) is 14.3. The van der Waals surface area contributed by atoms with Gasteiger partial charge >= 0.3 is 5.97 Å². The van der Waals surface area contributed by atoms with E-state index in [1.165, 1.54) is 19.1 Å². The summed E-state index contributed by atoms with van der Waals surface area (Å²) in [6.45, 7) is 5.38. The summed E-state index contributed by atoms with van der Waals surface area (Å²) in [6, 6.07) is 6.31. The summed E-state index contributed by atoms with van der Waals surface area (Å²) < 4.78 is 10.4. The summed E-state index contributed by atoms with van der Waals surface area (Å²) in [5, 5.41) is 24.8. The zero-order chi connectivity index (χ0) is 18.4. The molecule has 1 aromatic carbocycles. The van der Waals surface area contributed by atoms with Crippen molar-refractivity contribution in [2.24, 2.45) is 0 Å². The van der Waals surface area contributed by atoms with E-state index in [1.54, 1.807) is 12.1 Å². The number of hydrogen-bond donors (Lipinski definition) is 3. The summed E-state index contributed by atoms with van der Waals surface area (Å²) in [7, 11) is 0. The summed E-state index contributed by atoms with van der Waals surface area (Å²) in [6.07, 6.45) is -0.00649. The fraction of sp³-hybridized carbons (Fsp3) is 0.444. The van der Waals surface area contributed by atoms with Gasteiger partial charge in [-0.05, 0) is 20.8 Å². The van der Waals surface area contributed by atoms with Crippen LogP contribution in [0.5, 0.6) is 0 Å². The molecule has 0 bridgehead atoms. The first-order valence-corrected chi connectivity index (χ1v) is 8.10. The first kappa shape index (κ1) is 17.6. The molecule has 0 aromatic heterocycles. The molecule has 2 aliphatic rings. The van der Waals surface area contributed by atoms with Gasteiger partial charge in [0.05, 0.1) is 12.7 Å². The van der Waals surface area contributed by atoms with Crippen LogP contribution in [0.15, 0.2) is 35.5 Å². The van der Waals surface area contributed by atoms with Crippen LogP contribution in [-0.4, -0.2) is 46.9 Å². The molecule has 1 aliphatic heterocycles. The van der Waals surface area contributed by atoms with Crippen molar-refractivity contribution in [2.75, 3.05) is 13.2 Å². The van der Waals surface area contributed by atoms with Gasteiger partial charge in [0.2, 0.25) is 17.1 Å². The van der Waals surface area contributed by atoms with E-state index < -0.39 is 23.1 Å². The Morgan fingerprint density at radius 1 is 1.24 bits per heavy atom. The van der Waals surface area contributed by atoms with Crippen LogP contribution in [0, 0.1) is 0 Å². The number of Topliss-reactive ketones (excluding diaryl/α,β-unsaturated/α-hetero) is 1. The predicted molar refractivity (Wildman–Crippen MR) is 87.5 cm³/mol. The van der Waals surface area contributed by atoms with Crippen molar-refractivity contribution in [1.29, 1.82) is 0 Å². The molecule has 1 heterocycles. The second-order valence-corrected chi connectivity index (χ2v) is 6.48. The Morgan fingerprint density at radius 3 is 2.60 bits per heavy atom. The summed E-state index contributed by atoms with van der Waals surface area (Å²) in [5.74, 6) is -1.60. The number of carbonyl (C=O) groups excluding carboxylic acids is 2. The molecule has 2 atom stereocenters. The molecule has 134 valence electrons. The van der Waals surface area contributed by atoms with E-state index in [0.717, 1.165) is 0 Å². The van der Waals surface area contributed by atoms with Gasteiger partial charge in [0.15, 0.2) is 0 Å². The molecule has 0 saturated carbocycles. The van der Waals surface area contributed by atoms with Crippen LogP contribution in [-0.2, 0) is 20.0 Å². The first-order valence-electron chi connectivity index (χ1n) is 8.10. The Kier molecular flexibility index (Phi) is 4.18. The molecule has 0 spiro atoms. The first-order chi connectivity index (χ1) is 11.7. The van der Waals surface area contributed by atoms with E-state index in [2.05, 4.69) is 5.32 Å². The van der Waals surface area contributed by atoms with Crippen molar-refractivity contribution in [2.45, 2.75) is 38.2 Å². The average molecular weight is 347 g/mol. The van der Waals surface area contributed by atoms with Gasteiger partial charge in [0.25, 0.3) is 0 Å². The van der Waals surface area contributed by atoms with Crippen molar-refractivity contribution >= 4 is 11.8 Å². The molecule has 25 heavy (non-hydrogen) atoms. The highest BCUT2D eigenvalue weighted by Crippen LogP contribution is 2.51. The minimum atomic E-state index is -2.42. The third kappa shape index (κ3) is 2.38. The van der Waals surface area contributed by atoms with Gasteiger partial charge in [-0.2, -0.15) is 0 Å². The number of fused-ring (bicyclic) bond motifs is 3. The minimum absolute atomic E-state index is 0.00649. The SMILES string of the molecule is CC1=C(C(=O)OCCOC(C)C)[C@@]2(O)C(=O)c3ccccc3[C@]2(O)N1. The second kappa shape index (κ2) is 5.94. The quantitative estimate of drug-likeness (QED) is 0.529. The lowest BCUT2D eigenvalue weighted by Crippen LogP contribution is -2.56. The van der Waals surface area contributed by atoms with Gasteiger partial charge in [-0.15, -0.1) is 0 Å². The number of benzene rings is 1. The number of esters is 1. The minimum Gasteiger partial charge on any atom is -0.460 e. The molecule has 3 N–H and O–H groups in total. The number of allylic oxidation sites excluding steroid dienone is 1. The van der Waals surface area contributed by atoms with E-state index in [0.29, 0.717) is 0 Å². The molecule has 0 amide bonds. The maximum Gasteiger partial charge on any atom is 0.339 e. The molecule has 0 unspecified atom stereocenters. The predicted octanol–water partition coefficient (Wildman–Crippen LogP) is 0.604. The molecule has 0 saturated heterocycles. The molecular weight excluding hydrogens is 326 g/mol. The Labute approximate surface area is 145 Å². The summed E-state index contributed by atoms with van der Waals surface area (Å²) in [4.78, 5) is 25.3. The number of nitrogens with one attached hydrogen (secondary N) is 1. The molecule has 1 aromatic rings. The van der Waals surface area contributed by atoms with Crippen LogP contribution >= 0.6 is 0 Å². The molecule has 3 rings (SSSR count). The van der Waals surface area contributed by atoms with E-state index in [-0.39, 0.29) is 41.7 Å². The number of ketones is 1. The average Bonchev–Trinajstić information content (AvgIpc) is 2.86. The van der Waals surface area contributed by atoms with Crippen molar-refractivity contribution in [1.82, 2.24) is 5.32 Å². The Balaban J connectivity index is 1.89. The lowest BCUT2D eigenvalue weighted by atomic mass is 9.85. The van der Waals surface area contributed by atoms with Crippen LogP contribution in [0.4, 0.5) is 0 Å². The van der Waals surface area contributed by atoms with Crippen LogP contribution < -0.4 is 5.32 Å². The van der Waals surface area contributed by atoms with Crippen molar-refractivity contribution in [3.8, 4) is 0 Å². The molecule has 0 radical (unpaired) electrons. The normalized spacial score (nSPS) is 27.4. The number of carbonyl (C=O) groups is 2. The highest BCUT2D eigenvalue weighted by atomic mass is 16.6. The number of hydrogen-bond acceptors (Lipinski definition) is 7. The second-order valence-electron chi connectivity index (χ2n) is 6.48. The smallest absolute Gasteiger partial charge is 0.339 e. The van der Waals surface area contributed by atoms with Crippen molar-refractivity contribution in [3.63, 3.8) is 0 Å². The van der Waals surface area contributed by atoms with E-state index >= 15 is 0 Å². The van der Waals surface area contributed by atoms with Crippen LogP contribution in [0.1, 0.15) is 36.7 Å². The van der Waals surface area contributed by atoms with Gasteiger partial charge in [-0.25, -0.2) is 4.79 Å². The van der Waals surface area contributed by atoms with Crippen LogP contribution in [0.3, 0.4) is 0 Å². The highest BCUT2D eigenvalue weighted by Gasteiger charge is 2.70. The molecule has 0 fully saturated rings. The Bertz CT molecular complexity index is 771. The largest absolute Gasteiger partial charge is 0.460 e. The van der Waals surface area contributed by atoms with Gasteiger partial charge in [0.1, 0.15) is 12.2 Å². The summed E-state index contributed by atoms with van der Waals surface area (Å²) in [5.41, 5.74) is -4.19. The molecule has 1 aliphatic carbocycles. The zero-order valence-electron chi connectivity index (χ0n) is 14.3. The molecular formula is C18H21NO6. The summed E-state index contributed by atoms with van der Waals surface area (Å²) >= 11 is 0. The van der Waals surface area contributed by atoms with Gasteiger partial charge in [0, 0.05) is 16.8 Å². The third-order valence-electron chi connectivity index (χ3n) is 4.49.